The molecule has 0 aromatic carbocycles. The Morgan fingerprint density at radius 1 is 1.42 bits per heavy atom. The molecule has 0 saturated carbocycles. The molecule has 0 radical (unpaired) electrons. The predicted octanol–water partition coefficient (Wildman–Crippen LogP) is 1.12. The fourth-order valence-electron chi connectivity index (χ4n) is 2.29. The lowest BCUT2D eigenvalue weighted by Crippen LogP contribution is -2.55. The fourth-order valence-corrected chi connectivity index (χ4v) is 2.29. The molecule has 0 aliphatic carbocycles. The van der Waals surface area contributed by atoms with Crippen molar-refractivity contribution in [1.82, 2.24) is 10.2 Å². The quantitative estimate of drug-likeness (QED) is 0.777. The number of nitrogens with zero attached hydrogens (tertiary/aromatic N) is 1. The molecule has 0 unspecified atom stereocenters. The van der Waals surface area contributed by atoms with Crippen LogP contribution in [0.3, 0.4) is 0 Å². The van der Waals surface area contributed by atoms with E-state index in [2.05, 4.69) is 5.32 Å². The Bertz CT molecular complexity index is 360. The smallest absolute Gasteiger partial charge is 0.246 e. The van der Waals surface area contributed by atoms with Crippen LogP contribution in [-0.4, -0.2) is 41.6 Å². The fraction of sp³-hybridized carbons (Fsp3) is 0.786. The number of amides is 2. The first-order valence-electron chi connectivity index (χ1n) is 6.86. The molecule has 1 aliphatic rings. The van der Waals surface area contributed by atoms with Gasteiger partial charge in [-0.25, -0.2) is 0 Å². The third-order valence-electron chi connectivity index (χ3n) is 3.48. The van der Waals surface area contributed by atoms with E-state index in [1.165, 1.54) is 0 Å². The maximum Gasteiger partial charge on any atom is 0.246 e. The molecular formula is C14H24N2O3. The van der Waals surface area contributed by atoms with Gasteiger partial charge in [0.1, 0.15) is 12.3 Å². The summed E-state index contributed by atoms with van der Waals surface area (Å²) in [6, 6.07) is -0.920. The van der Waals surface area contributed by atoms with Crippen LogP contribution in [0.15, 0.2) is 0 Å². The molecule has 5 nitrogen and oxygen atoms in total. The van der Waals surface area contributed by atoms with Crippen molar-refractivity contribution in [3.63, 3.8) is 0 Å². The Hall–Kier alpha value is -1.39. The summed E-state index contributed by atoms with van der Waals surface area (Å²) in [5.74, 6) is -0.293. The topological polar surface area (TPSA) is 66.5 Å². The minimum absolute atomic E-state index is 0.143. The minimum atomic E-state index is -0.583. The Morgan fingerprint density at radius 3 is 2.53 bits per heavy atom. The lowest BCUT2D eigenvalue weighted by atomic mass is 9.85. The molecule has 19 heavy (non-hydrogen) atoms. The minimum Gasteiger partial charge on any atom is -0.344 e. The number of aldehydes is 1. The van der Waals surface area contributed by atoms with Gasteiger partial charge >= 0.3 is 0 Å². The van der Waals surface area contributed by atoms with E-state index in [1.807, 2.05) is 20.8 Å². The van der Waals surface area contributed by atoms with Crippen molar-refractivity contribution in [3.05, 3.63) is 0 Å². The van der Waals surface area contributed by atoms with Crippen molar-refractivity contribution < 1.29 is 14.4 Å². The standard InChI is InChI=1S/C14H24N2O3/c1-5-11(18)15-12(14(2,3)4)13(19)16-8-6-7-10(16)9-17/h9-10,12H,5-8H2,1-4H3,(H,15,18)/t10-,12+/m0/s1. The Morgan fingerprint density at radius 2 is 2.05 bits per heavy atom. The molecule has 2 amide bonds. The normalized spacial score (nSPS) is 21.1. The number of carbonyl (C=O) groups is 3. The van der Waals surface area contributed by atoms with Crippen LogP contribution in [0.2, 0.25) is 0 Å². The second-order valence-corrected chi connectivity index (χ2v) is 6.10. The highest BCUT2D eigenvalue weighted by atomic mass is 16.2. The van der Waals surface area contributed by atoms with Crippen molar-refractivity contribution in [2.45, 2.75) is 59.0 Å². The SMILES string of the molecule is CCC(=O)N[C@H](C(=O)N1CCC[C@H]1C=O)C(C)(C)C. The summed E-state index contributed by atoms with van der Waals surface area (Å²) >= 11 is 0. The van der Waals surface area contributed by atoms with Gasteiger partial charge in [0.2, 0.25) is 11.8 Å². The monoisotopic (exact) mass is 268 g/mol. The van der Waals surface area contributed by atoms with Crippen LogP contribution in [0.1, 0.15) is 47.0 Å². The largest absolute Gasteiger partial charge is 0.344 e. The second kappa shape index (κ2) is 6.17. The maximum absolute atomic E-state index is 12.6. The molecule has 5 heteroatoms. The van der Waals surface area contributed by atoms with Crippen LogP contribution < -0.4 is 5.32 Å². The van der Waals surface area contributed by atoms with Crippen LogP contribution in [-0.2, 0) is 14.4 Å². The van der Waals surface area contributed by atoms with Crippen molar-refractivity contribution in [2.75, 3.05) is 6.54 Å². The molecular weight excluding hydrogens is 244 g/mol. The van der Waals surface area contributed by atoms with Gasteiger partial charge in [-0.1, -0.05) is 27.7 Å². The molecule has 1 N–H and O–H groups in total. The van der Waals surface area contributed by atoms with E-state index in [-0.39, 0.29) is 23.3 Å². The maximum atomic E-state index is 12.6. The molecule has 1 aliphatic heterocycles. The molecule has 108 valence electrons. The number of hydrogen-bond donors (Lipinski definition) is 1. The highest BCUT2D eigenvalue weighted by Crippen LogP contribution is 2.25. The van der Waals surface area contributed by atoms with E-state index in [0.29, 0.717) is 19.4 Å². The zero-order valence-corrected chi connectivity index (χ0v) is 12.2. The van der Waals surface area contributed by atoms with Gasteiger partial charge in [0, 0.05) is 13.0 Å². The lowest BCUT2D eigenvalue weighted by molar-refractivity contribution is -0.141. The Balaban J connectivity index is 2.88. The number of likely N-dealkylation sites (tertiary alicyclic amines) is 1. The van der Waals surface area contributed by atoms with E-state index < -0.39 is 6.04 Å². The van der Waals surface area contributed by atoms with Crippen LogP contribution in [0.4, 0.5) is 0 Å². The first-order chi connectivity index (χ1) is 8.81. The molecule has 0 spiro atoms. The summed E-state index contributed by atoms with van der Waals surface area (Å²) in [5, 5.41) is 2.78. The van der Waals surface area contributed by atoms with E-state index in [0.717, 1.165) is 12.7 Å². The summed E-state index contributed by atoms with van der Waals surface area (Å²) in [6.07, 6.45) is 2.73. The summed E-state index contributed by atoms with van der Waals surface area (Å²) < 4.78 is 0. The highest BCUT2D eigenvalue weighted by Gasteiger charge is 2.39. The molecule has 1 saturated heterocycles. The van der Waals surface area contributed by atoms with Crippen molar-refractivity contribution in [1.29, 1.82) is 0 Å². The summed E-state index contributed by atoms with van der Waals surface area (Å²) in [6.45, 7) is 8.09. The van der Waals surface area contributed by atoms with E-state index in [4.69, 9.17) is 0 Å². The lowest BCUT2D eigenvalue weighted by Gasteiger charge is -2.34. The molecule has 0 aromatic rings. The van der Waals surface area contributed by atoms with Gasteiger partial charge in [-0.05, 0) is 18.3 Å². The van der Waals surface area contributed by atoms with E-state index in [9.17, 15) is 14.4 Å². The Labute approximate surface area is 114 Å². The van der Waals surface area contributed by atoms with Crippen LogP contribution >= 0.6 is 0 Å². The average Bonchev–Trinajstić information content (AvgIpc) is 2.81. The Kier molecular flexibility index (Phi) is 5.09. The molecule has 2 atom stereocenters. The van der Waals surface area contributed by atoms with Crippen molar-refractivity contribution in [2.24, 2.45) is 5.41 Å². The number of carbonyl (C=O) groups excluding carboxylic acids is 3. The zero-order chi connectivity index (χ0) is 14.6. The van der Waals surface area contributed by atoms with Crippen LogP contribution in [0.5, 0.6) is 0 Å². The molecule has 1 fully saturated rings. The van der Waals surface area contributed by atoms with Gasteiger partial charge in [0.05, 0.1) is 6.04 Å². The molecule has 0 bridgehead atoms. The highest BCUT2D eigenvalue weighted by molar-refractivity contribution is 5.90. The van der Waals surface area contributed by atoms with Gasteiger partial charge in [-0.15, -0.1) is 0 Å². The van der Waals surface area contributed by atoms with Gasteiger partial charge in [0.25, 0.3) is 0 Å². The summed E-state index contributed by atoms with van der Waals surface area (Å²) in [5.41, 5.74) is -0.377. The number of hydrogen-bond acceptors (Lipinski definition) is 3. The second-order valence-electron chi connectivity index (χ2n) is 6.10. The number of nitrogens with one attached hydrogen (secondary N) is 1. The molecule has 1 rings (SSSR count). The summed E-state index contributed by atoms with van der Waals surface area (Å²) in [4.78, 5) is 36.7. The van der Waals surface area contributed by atoms with Crippen LogP contribution in [0.25, 0.3) is 0 Å². The van der Waals surface area contributed by atoms with Gasteiger partial charge in [-0.2, -0.15) is 0 Å². The molecule has 0 aromatic heterocycles. The summed E-state index contributed by atoms with van der Waals surface area (Å²) in [7, 11) is 0. The van der Waals surface area contributed by atoms with Gasteiger partial charge < -0.3 is 15.0 Å². The van der Waals surface area contributed by atoms with Gasteiger partial charge in [0.15, 0.2) is 0 Å². The van der Waals surface area contributed by atoms with Gasteiger partial charge in [-0.3, -0.25) is 9.59 Å². The first kappa shape index (κ1) is 15.7. The van der Waals surface area contributed by atoms with E-state index >= 15 is 0 Å². The van der Waals surface area contributed by atoms with E-state index in [1.54, 1.807) is 11.8 Å². The molecule has 1 heterocycles. The first-order valence-corrected chi connectivity index (χ1v) is 6.86. The van der Waals surface area contributed by atoms with Crippen molar-refractivity contribution >= 4 is 18.1 Å². The van der Waals surface area contributed by atoms with Crippen molar-refractivity contribution in [3.8, 4) is 0 Å². The predicted molar refractivity (Wildman–Crippen MR) is 72.5 cm³/mol. The van der Waals surface area contributed by atoms with Crippen LogP contribution in [0, 0.1) is 5.41 Å². The zero-order valence-electron chi connectivity index (χ0n) is 12.2. The third kappa shape index (κ3) is 3.78. The average molecular weight is 268 g/mol. The number of rotatable bonds is 4. The third-order valence-corrected chi connectivity index (χ3v) is 3.48.